The largest absolute Gasteiger partial charge is 0.467 e. The minimum Gasteiger partial charge on any atom is -0.467 e. The Hall–Kier alpha value is -3.77. The molecule has 13 heteroatoms. The molecule has 0 saturated carbocycles. The second kappa shape index (κ2) is 7.14. The van der Waals surface area contributed by atoms with Crippen LogP contribution in [0.15, 0.2) is 67.7 Å². The van der Waals surface area contributed by atoms with Crippen LogP contribution >= 0.6 is 0 Å². The summed E-state index contributed by atoms with van der Waals surface area (Å²) < 4.78 is 90.4. The van der Waals surface area contributed by atoms with Crippen LogP contribution in [0.3, 0.4) is 0 Å². The number of rotatable bonds is 3. The number of aromatic amines is 1. The number of hydrogen-bond donors (Lipinski definition) is 2. The molecule has 1 aliphatic rings. The van der Waals surface area contributed by atoms with E-state index < -0.39 is 52.9 Å². The number of alkyl halides is 6. The summed E-state index contributed by atoms with van der Waals surface area (Å²) in [7, 11) is 0. The van der Waals surface area contributed by atoms with Gasteiger partial charge in [-0.1, -0.05) is 30.3 Å². The predicted octanol–water partition coefficient (Wildman–Crippen LogP) is 3.37. The number of H-pyrrole nitrogens is 1. The highest BCUT2D eigenvalue weighted by Gasteiger charge is 2.75. The van der Waals surface area contributed by atoms with Crippen LogP contribution in [-0.2, 0) is 12.1 Å². The van der Waals surface area contributed by atoms with Gasteiger partial charge in [0, 0.05) is 5.56 Å². The minimum atomic E-state index is -6.07. The molecule has 0 fully saturated rings. The van der Waals surface area contributed by atoms with E-state index in [2.05, 4.69) is 10.3 Å². The number of anilines is 1. The molecule has 0 aliphatic carbocycles. The molecule has 2 N–H and O–H groups in total. The van der Waals surface area contributed by atoms with Crippen LogP contribution in [0, 0.1) is 0 Å². The monoisotopic (exact) mass is 458 g/mol. The lowest BCUT2D eigenvalue weighted by molar-refractivity contribution is -0.301. The molecule has 4 rings (SSSR count). The third kappa shape index (κ3) is 3.20. The van der Waals surface area contributed by atoms with E-state index in [1.165, 1.54) is 53.7 Å². The van der Waals surface area contributed by atoms with Crippen molar-refractivity contribution in [2.24, 2.45) is 4.99 Å². The molecule has 7 nitrogen and oxygen atoms in total. The van der Waals surface area contributed by atoms with E-state index in [1.807, 2.05) is 0 Å². The van der Waals surface area contributed by atoms with Crippen molar-refractivity contribution in [2.75, 3.05) is 5.32 Å². The van der Waals surface area contributed by atoms with Crippen molar-refractivity contribution in [3.63, 3.8) is 0 Å². The van der Waals surface area contributed by atoms with E-state index >= 15 is 0 Å². The number of hydrogen-bond acceptors (Lipinski definition) is 5. The Kier molecular flexibility index (Phi) is 4.79. The van der Waals surface area contributed by atoms with Gasteiger partial charge in [-0.15, -0.1) is 0 Å². The molecule has 0 radical (unpaired) electrons. The number of benzene rings is 1. The van der Waals surface area contributed by atoms with Gasteiger partial charge in [0.05, 0.1) is 12.8 Å². The summed E-state index contributed by atoms with van der Waals surface area (Å²) in [5, 5.41) is 2.33. The SMILES string of the molecule is O=c1[nH]c(=O)n(Cc2ccco2)c2c1C(C(F)(F)F)(C(F)(F)F)N=C(c1ccccc1)N2. The summed E-state index contributed by atoms with van der Waals surface area (Å²) in [6.45, 7) is -0.550. The van der Waals surface area contributed by atoms with Crippen LogP contribution < -0.4 is 16.6 Å². The molecule has 0 bridgehead atoms. The molecule has 32 heavy (non-hydrogen) atoms. The summed E-state index contributed by atoms with van der Waals surface area (Å²) in [5.74, 6) is -1.75. The molecule has 168 valence electrons. The molecule has 3 aromatic rings. The van der Waals surface area contributed by atoms with Gasteiger partial charge in [-0.25, -0.2) is 9.79 Å². The zero-order chi connectivity index (χ0) is 23.3. The highest BCUT2D eigenvalue weighted by molar-refractivity contribution is 6.09. The average molecular weight is 458 g/mol. The first-order valence-electron chi connectivity index (χ1n) is 8.91. The van der Waals surface area contributed by atoms with Crippen LogP contribution in [0.4, 0.5) is 32.2 Å². The van der Waals surface area contributed by atoms with Crippen LogP contribution in [0.2, 0.25) is 0 Å². The van der Waals surface area contributed by atoms with Gasteiger partial charge in [-0.05, 0) is 12.1 Å². The van der Waals surface area contributed by atoms with E-state index in [0.717, 1.165) is 0 Å². The number of nitrogens with one attached hydrogen (secondary N) is 2. The molecule has 2 aromatic heterocycles. The van der Waals surface area contributed by atoms with E-state index in [0.29, 0.717) is 4.57 Å². The second-order valence-electron chi connectivity index (χ2n) is 6.81. The number of nitrogens with zero attached hydrogens (tertiary/aromatic N) is 2. The zero-order valence-corrected chi connectivity index (χ0v) is 15.7. The Balaban J connectivity index is 2.11. The van der Waals surface area contributed by atoms with Gasteiger partial charge in [0.15, 0.2) is 0 Å². The first-order valence-corrected chi connectivity index (χ1v) is 8.91. The van der Waals surface area contributed by atoms with Gasteiger partial charge in [0.1, 0.15) is 23.0 Å². The lowest BCUT2D eigenvalue weighted by Gasteiger charge is -2.38. The van der Waals surface area contributed by atoms with Crippen molar-refractivity contribution in [1.82, 2.24) is 9.55 Å². The third-order valence-electron chi connectivity index (χ3n) is 4.84. The zero-order valence-electron chi connectivity index (χ0n) is 15.7. The first-order chi connectivity index (χ1) is 15.0. The summed E-state index contributed by atoms with van der Waals surface area (Å²) in [6, 6.07) is 9.50. The van der Waals surface area contributed by atoms with Gasteiger partial charge in [0.2, 0.25) is 0 Å². The lowest BCUT2D eigenvalue weighted by Crippen LogP contribution is -2.59. The van der Waals surface area contributed by atoms with E-state index in [4.69, 9.17) is 4.42 Å². The fourth-order valence-electron chi connectivity index (χ4n) is 3.41. The average Bonchev–Trinajstić information content (AvgIpc) is 3.22. The molecular formula is C19H12F6N4O3. The summed E-state index contributed by atoms with van der Waals surface area (Å²) >= 11 is 0. The minimum absolute atomic E-state index is 0.0524. The maximum Gasteiger partial charge on any atom is 0.427 e. The standard InChI is InChI=1S/C19H12F6N4O3/c20-18(21,22)17(19(23,24)25)12-14(26-13(28-17)10-5-2-1-3-6-10)29(16(31)27-15(12)30)9-11-7-4-8-32-11/h1-8H,9H2,(H,26,28)(H,27,30,31). The summed E-state index contributed by atoms with van der Waals surface area (Å²) in [6.07, 6.45) is -10.9. The number of furan rings is 1. The lowest BCUT2D eigenvalue weighted by atomic mass is 9.87. The maximum atomic E-state index is 14.1. The van der Waals surface area contributed by atoms with Crippen molar-refractivity contribution in [3.8, 4) is 0 Å². The van der Waals surface area contributed by atoms with Gasteiger partial charge < -0.3 is 9.73 Å². The number of aromatic nitrogens is 2. The van der Waals surface area contributed by atoms with Crippen LogP contribution in [0.1, 0.15) is 16.9 Å². The van der Waals surface area contributed by atoms with Gasteiger partial charge in [0.25, 0.3) is 11.1 Å². The Morgan fingerprint density at radius 3 is 2.19 bits per heavy atom. The van der Waals surface area contributed by atoms with Crippen molar-refractivity contribution in [3.05, 3.63) is 86.5 Å². The molecule has 1 aliphatic heterocycles. The Labute approximate surface area is 174 Å². The summed E-state index contributed by atoms with van der Waals surface area (Å²) in [5.41, 5.74) is -9.92. The molecular weight excluding hydrogens is 446 g/mol. The maximum absolute atomic E-state index is 14.1. The van der Waals surface area contributed by atoms with Gasteiger partial charge >= 0.3 is 18.0 Å². The van der Waals surface area contributed by atoms with Gasteiger partial charge in [-0.2, -0.15) is 26.3 Å². The first kappa shape index (κ1) is 21.5. The Bertz CT molecular complexity index is 1270. The van der Waals surface area contributed by atoms with Crippen molar-refractivity contribution in [2.45, 2.75) is 24.4 Å². The molecule has 0 spiro atoms. The normalized spacial score (nSPS) is 15.6. The number of halogens is 6. The Morgan fingerprint density at radius 1 is 0.969 bits per heavy atom. The van der Waals surface area contributed by atoms with E-state index in [9.17, 15) is 35.9 Å². The van der Waals surface area contributed by atoms with Crippen molar-refractivity contribution < 1.29 is 30.8 Å². The Morgan fingerprint density at radius 2 is 1.62 bits per heavy atom. The van der Waals surface area contributed by atoms with Crippen LogP contribution in [0.25, 0.3) is 0 Å². The molecule has 3 heterocycles. The van der Waals surface area contributed by atoms with E-state index in [1.54, 1.807) is 0 Å². The van der Waals surface area contributed by atoms with Crippen LogP contribution in [-0.4, -0.2) is 27.7 Å². The molecule has 0 atom stereocenters. The quantitative estimate of drug-likeness (QED) is 0.589. The molecule has 1 aromatic carbocycles. The fraction of sp³-hybridized carbons (Fsp3) is 0.211. The fourth-order valence-corrected chi connectivity index (χ4v) is 3.41. The third-order valence-corrected chi connectivity index (χ3v) is 4.84. The van der Waals surface area contributed by atoms with Crippen LogP contribution in [0.5, 0.6) is 0 Å². The number of aliphatic imine (C=N–C) groups is 1. The van der Waals surface area contributed by atoms with E-state index in [-0.39, 0.29) is 11.3 Å². The van der Waals surface area contributed by atoms with Crippen molar-refractivity contribution >= 4 is 11.7 Å². The van der Waals surface area contributed by atoms with Crippen molar-refractivity contribution in [1.29, 1.82) is 0 Å². The molecule has 0 saturated heterocycles. The van der Waals surface area contributed by atoms with Gasteiger partial charge in [-0.3, -0.25) is 14.3 Å². The topological polar surface area (TPSA) is 92.4 Å². The molecule has 0 unspecified atom stereocenters. The number of fused-ring (bicyclic) bond motifs is 1. The highest BCUT2D eigenvalue weighted by atomic mass is 19.4. The second-order valence-corrected chi connectivity index (χ2v) is 6.81. The smallest absolute Gasteiger partial charge is 0.427 e. The predicted molar refractivity (Wildman–Crippen MR) is 99.5 cm³/mol. The molecule has 0 amide bonds. The summed E-state index contributed by atoms with van der Waals surface area (Å²) in [4.78, 5) is 29.3. The highest BCUT2D eigenvalue weighted by Crippen LogP contribution is 2.55. The number of amidine groups is 1.